The number of amides is 1. The average molecular weight is 276 g/mol. The smallest absolute Gasteiger partial charge is 0.254 e. The molecule has 0 bridgehead atoms. The van der Waals surface area contributed by atoms with Crippen molar-refractivity contribution in [2.45, 2.75) is 12.8 Å². The maximum Gasteiger partial charge on any atom is 0.254 e. The molecule has 5 heteroatoms. The number of anilines is 1. The third kappa shape index (κ3) is 3.70. The van der Waals surface area contributed by atoms with Crippen LogP contribution in [0.2, 0.25) is 0 Å². The number of carbonyl (C=O) groups is 1. The first-order chi connectivity index (χ1) is 9.58. The fraction of sp³-hybridized carbons (Fsp3) is 0.600. The van der Waals surface area contributed by atoms with Crippen LogP contribution in [0.25, 0.3) is 0 Å². The molecule has 0 spiro atoms. The molecule has 0 saturated carbocycles. The largest absolute Gasteiger partial charge is 0.359 e. The van der Waals surface area contributed by atoms with Crippen LogP contribution in [0.4, 0.5) is 5.82 Å². The summed E-state index contributed by atoms with van der Waals surface area (Å²) in [7, 11) is 5.56. The van der Waals surface area contributed by atoms with E-state index in [2.05, 4.69) is 22.2 Å². The first-order valence-electron chi connectivity index (χ1n) is 7.17. The Hall–Kier alpha value is -1.62. The minimum atomic E-state index is -0.0109. The molecule has 1 aromatic rings. The second-order valence-electron chi connectivity index (χ2n) is 5.70. The van der Waals surface area contributed by atoms with Crippen LogP contribution in [0.5, 0.6) is 0 Å². The minimum Gasteiger partial charge on any atom is -0.359 e. The maximum atomic E-state index is 11.8. The number of carbonyl (C=O) groups excluding carboxylic acids is 1. The van der Waals surface area contributed by atoms with E-state index < -0.39 is 0 Å². The molecule has 0 aliphatic carbocycles. The van der Waals surface area contributed by atoms with Gasteiger partial charge in [0, 0.05) is 33.9 Å². The molecule has 1 amide bonds. The molecule has 1 N–H and O–H groups in total. The van der Waals surface area contributed by atoms with Gasteiger partial charge in [-0.3, -0.25) is 4.79 Å². The standard InChI is InChI=1S/C15H24N4O/c1-18(2)15(20)13-6-7-14(17-10-13)19(3)11-12-5-4-8-16-9-12/h6-7,10,12,16H,4-5,8-9,11H2,1-3H3. The summed E-state index contributed by atoms with van der Waals surface area (Å²) in [5, 5.41) is 3.43. The zero-order chi connectivity index (χ0) is 14.5. The molecule has 20 heavy (non-hydrogen) atoms. The number of nitrogens with zero attached hydrogens (tertiary/aromatic N) is 3. The summed E-state index contributed by atoms with van der Waals surface area (Å²) >= 11 is 0. The molecule has 1 saturated heterocycles. The first kappa shape index (κ1) is 14.8. The van der Waals surface area contributed by atoms with Crippen molar-refractivity contribution in [2.24, 2.45) is 5.92 Å². The highest BCUT2D eigenvalue weighted by molar-refractivity contribution is 5.93. The highest BCUT2D eigenvalue weighted by Crippen LogP contribution is 2.16. The van der Waals surface area contributed by atoms with Crippen molar-refractivity contribution in [2.75, 3.05) is 45.7 Å². The summed E-state index contributed by atoms with van der Waals surface area (Å²) in [6.45, 7) is 3.22. The molecule has 2 rings (SSSR count). The number of pyridine rings is 1. The summed E-state index contributed by atoms with van der Waals surface area (Å²) in [6, 6.07) is 3.77. The van der Waals surface area contributed by atoms with Gasteiger partial charge in [0.15, 0.2) is 0 Å². The molecule has 1 aliphatic heterocycles. The monoisotopic (exact) mass is 276 g/mol. The van der Waals surface area contributed by atoms with Gasteiger partial charge in [-0.2, -0.15) is 0 Å². The Morgan fingerprint density at radius 1 is 1.40 bits per heavy atom. The van der Waals surface area contributed by atoms with Gasteiger partial charge in [-0.1, -0.05) is 0 Å². The third-order valence-electron chi connectivity index (χ3n) is 3.72. The van der Waals surface area contributed by atoms with E-state index in [1.54, 1.807) is 25.2 Å². The van der Waals surface area contributed by atoms with Crippen molar-refractivity contribution in [3.8, 4) is 0 Å². The predicted molar refractivity (Wildman–Crippen MR) is 81.1 cm³/mol. The molecule has 1 aromatic heterocycles. The maximum absolute atomic E-state index is 11.8. The van der Waals surface area contributed by atoms with Crippen molar-refractivity contribution in [1.82, 2.24) is 15.2 Å². The van der Waals surface area contributed by atoms with Crippen molar-refractivity contribution in [3.05, 3.63) is 23.9 Å². The molecular formula is C15H24N4O. The second kappa shape index (κ2) is 6.70. The first-order valence-corrected chi connectivity index (χ1v) is 7.17. The van der Waals surface area contributed by atoms with Gasteiger partial charge in [0.05, 0.1) is 5.56 Å². The van der Waals surface area contributed by atoms with Crippen LogP contribution in [0.3, 0.4) is 0 Å². The van der Waals surface area contributed by atoms with E-state index in [1.807, 2.05) is 12.1 Å². The lowest BCUT2D eigenvalue weighted by Crippen LogP contribution is -2.37. The number of rotatable bonds is 4. The van der Waals surface area contributed by atoms with E-state index in [0.29, 0.717) is 11.5 Å². The molecule has 1 fully saturated rings. The van der Waals surface area contributed by atoms with Crippen LogP contribution in [0, 0.1) is 5.92 Å². The Kier molecular flexibility index (Phi) is 4.95. The molecule has 0 aromatic carbocycles. The summed E-state index contributed by atoms with van der Waals surface area (Å²) < 4.78 is 0. The molecule has 1 aliphatic rings. The van der Waals surface area contributed by atoms with Gasteiger partial charge in [0.2, 0.25) is 0 Å². The fourth-order valence-electron chi connectivity index (χ4n) is 2.56. The number of hydrogen-bond acceptors (Lipinski definition) is 4. The number of piperidine rings is 1. The van der Waals surface area contributed by atoms with E-state index in [1.165, 1.54) is 12.8 Å². The number of hydrogen-bond donors (Lipinski definition) is 1. The lowest BCUT2D eigenvalue weighted by Gasteiger charge is -2.28. The highest BCUT2D eigenvalue weighted by Gasteiger charge is 2.16. The molecule has 5 nitrogen and oxygen atoms in total. The van der Waals surface area contributed by atoms with Crippen LogP contribution in [-0.4, -0.2) is 56.6 Å². The van der Waals surface area contributed by atoms with E-state index >= 15 is 0 Å². The minimum absolute atomic E-state index is 0.0109. The lowest BCUT2D eigenvalue weighted by molar-refractivity contribution is 0.0827. The second-order valence-corrected chi connectivity index (χ2v) is 5.70. The molecule has 1 unspecified atom stereocenters. The van der Waals surface area contributed by atoms with Gasteiger partial charge in [-0.05, 0) is 44.0 Å². The SMILES string of the molecule is CN(C)C(=O)c1ccc(N(C)CC2CCCNC2)nc1. The van der Waals surface area contributed by atoms with Gasteiger partial charge in [-0.25, -0.2) is 4.98 Å². The molecular weight excluding hydrogens is 252 g/mol. The number of aromatic nitrogens is 1. The zero-order valence-electron chi connectivity index (χ0n) is 12.6. The lowest BCUT2D eigenvalue weighted by atomic mass is 9.99. The summed E-state index contributed by atoms with van der Waals surface area (Å²) in [5.74, 6) is 1.59. The Morgan fingerprint density at radius 3 is 2.75 bits per heavy atom. The normalized spacial score (nSPS) is 18.6. The van der Waals surface area contributed by atoms with E-state index in [-0.39, 0.29) is 5.91 Å². The molecule has 1 atom stereocenters. The van der Waals surface area contributed by atoms with Crippen LogP contribution in [0.15, 0.2) is 18.3 Å². The molecule has 2 heterocycles. The summed E-state index contributed by atoms with van der Waals surface area (Å²) in [6.07, 6.45) is 4.18. The van der Waals surface area contributed by atoms with Crippen molar-refractivity contribution in [1.29, 1.82) is 0 Å². The van der Waals surface area contributed by atoms with Gasteiger partial charge < -0.3 is 15.1 Å². The third-order valence-corrected chi connectivity index (χ3v) is 3.72. The predicted octanol–water partition coefficient (Wildman–Crippen LogP) is 1.22. The fourth-order valence-corrected chi connectivity index (χ4v) is 2.56. The summed E-state index contributed by atoms with van der Waals surface area (Å²) in [4.78, 5) is 19.9. The van der Waals surface area contributed by atoms with Gasteiger partial charge in [-0.15, -0.1) is 0 Å². The van der Waals surface area contributed by atoms with Crippen molar-refractivity contribution in [3.63, 3.8) is 0 Å². The van der Waals surface area contributed by atoms with E-state index in [0.717, 1.165) is 25.5 Å². The van der Waals surface area contributed by atoms with E-state index in [9.17, 15) is 4.79 Å². The van der Waals surface area contributed by atoms with Crippen LogP contribution < -0.4 is 10.2 Å². The van der Waals surface area contributed by atoms with E-state index in [4.69, 9.17) is 0 Å². The summed E-state index contributed by atoms with van der Waals surface area (Å²) in [5.41, 5.74) is 0.631. The van der Waals surface area contributed by atoms with Crippen molar-refractivity contribution < 1.29 is 4.79 Å². The van der Waals surface area contributed by atoms with Crippen LogP contribution in [0.1, 0.15) is 23.2 Å². The number of nitrogens with one attached hydrogen (secondary N) is 1. The van der Waals surface area contributed by atoms with Crippen LogP contribution in [-0.2, 0) is 0 Å². The highest BCUT2D eigenvalue weighted by atomic mass is 16.2. The zero-order valence-corrected chi connectivity index (χ0v) is 12.6. The molecule has 110 valence electrons. The Morgan fingerprint density at radius 2 is 2.20 bits per heavy atom. The van der Waals surface area contributed by atoms with Crippen molar-refractivity contribution >= 4 is 11.7 Å². The van der Waals surface area contributed by atoms with Crippen LogP contribution >= 0.6 is 0 Å². The average Bonchev–Trinajstić information content (AvgIpc) is 2.47. The Labute approximate surface area is 121 Å². The van der Waals surface area contributed by atoms with Gasteiger partial charge in [0.25, 0.3) is 5.91 Å². The topological polar surface area (TPSA) is 48.5 Å². The quantitative estimate of drug-likeness (QED) is 0.898. The van der Waals surface area contributed by atoms with Gasteiger partial charge in [0.1, 0.15) is 5.82 Å². The van der Waals surface area contributed by atoms with Gasteiger partial charge >= 0.3 is 0 Å². The Bertz CT molecular complexity index is 438. The Balaban J connectivity index is 1.96. The molecule has 0 radical (unpaired) electrons.